The number of para-hydroxylation sites is 1. The standard InChI is InChI=1S/C13H16BrN/c1-13(2,9-14)10-15-8-7-11-5-3-4-6-12(11)15/h3-8H,9-10H2,1-2H3. The van der Waals surface area contributed by atoms with Crippen LogP contribution < -0.4 is 0 Å². The van der Waals surface area contributed by atoms with Crippen LogP contribution in [0.25, 0.3) is 10.9 Å². The molecule has 80 valence electrons. The molecule has 0 amide bonds. The van der Waals surface area contributed by atoms with Crippen molar-refractivity contribution in [3.8, 4) is 0 Å². The zero-order valence-corrected chi connectivity index (χ0v) is 10.8. The Labute approximate surface area is 99.2 Å². The van der Waals surface area contributed by atoms with Gasteiger partial charge in [-0.3, -0.25) is 0 Å². The predicted molar refractivity (Wildman–Crippen MR) is 69.5 cm³/mol. The van der Waals surface area contributed by atoms with Gasteiger partial charge in [0.1, 0.15) is 0 Å². The number of nitrogens with zero attached hydrogens (tertiary/aromatic N) is 1. The van der Waals surface area contributed by atoms with E-state index in [1.165, 1.54) is 10.9 Å². The zero-order valence-electron chi connectivity index (χ0n) is 9.20. The molecule has 0 saturated heterocycles. The Morgan fingerprint density at radius 2 is 1.93 bits per heavy atom. The lowest BCUT2D eigenvalue weighted by Crippen LogP contribution is -2.20. The molecule has 2 rings (SSSR count). The summed E-state index contributed by atoms with van der Waals surface area (Å²) in [7, 11) is 0. The normalized spacial score (nSPS) is 12.2. The van der Waals surface area contributed by atoms with Gasteiger partial charge in [-0.2, -0.15) is 0 Å². The Hall–Kier alpha value is -0.760. The van der Waals surface area contributed by atoms with Crippen molar-refractivity contribution < 1.29 is 0 Å². The second-order valence-electron chi connectivity index (χ2n) is 4.80. The summed E-state index contributed by atoms with van der Waals surface area (Å²) in [6.07, 6.45) is 2.18. The molecule has 1 aromatic heterocycles. The highest BCUT2D eigenvalue weighted by atomic mass is 79.9. The summed E-state index contributed by atoms with van der Waals surface area (Å²) >= 11 is 3.57. The Kier molecular flexibility index (Phi) is 2.87. The maximum atomic E-state index is 3.57. The van der Waals surface area contributed by atoms with Crippen molar-refractivity contribution in [1.82, 2.24) is 4.57 Å². The number of aromatic nitrogens is 1. The van der Waals surface area contributed by atoms with E-state index in [2.05, 4.69) is 70.9 Å². The van der Waals surface area contributed by atoms with Crippen LogP contribution in [0.5, 0.6) is 0 Å². The van der Waals surface area contributed by atoms with Gasteiger partial charge in [-0.1, -0.05) is 48.0 Å². The van der Waals surface area contributed by atoms with E-state index in [0.717, 1.165) is 11.9 Å². The van der Waals surface area contributed by atoms with Crippen LogP contribution >= 0.6 is 15.9 Å². The molecule has 0 bridgehead atoms. The number of alkyl halides is 1. The summed E-state index contributed by atoms with van der Waals surface area (Å²) in [6, 6.07) is 10.7. The lowest BCUT2D eigenvalue weighted by atomic mass is 9.97. The van der Waals surface area contributed by atoms with Gasteiger partial charge in [0.25, 0.3) is 0 Å². The van der Waals surface area contributed by atoms with Gasteiger partial charge in [0, 0.05) is 23.6 Å². The number of benzene rings is 1. The first-order chi connectivity index (χ1) is 7.12. The number of hydrogen-bond acceptors (Lipinski definition) is 0. The highest BCUT2D eigenvalue weighted by Gasteiger charge is 2.17. The molecule has 2 aromatic rings. The van der Waals surface area contributed by atoms with Crippen molar-refractivity contribution in [1.29, 1.82) is 0 Å². The highest BCUT2D eigenvalue weighted by molar-refractivity contribution is 9.09. The molecule has 0 aliphatic rings. The maximum Gasteiger partial charge on any atom is 0.0480 e. The molecule has 0 radical (unpaired) electrons. The lowest BCUT2D eigenvalue weighted by molar-refractivity contribution is 0.360. The fourth-order valence-corrected chi connectivity index (χ4v) is 1.96. The Balaban J connectivity index is 2.37. The Bertz CT molecular complexity index is 456. The molecule has 0 fully saturated rings. The van der Waals surface area contributed by atoms with Crippen LogP contribution in [0, 0.1) is 5.41 Å². The predicted octanol–water partition coefficient (Wildman–Crippen LogP) is 4.06. The second kappa shape index (κ2) is 4.01. The van der Waals surface area contributed by atoms with Crippen molar-refractivity contribution in [2.45, 2.75) is 20.4 Å². The van der Waals surface area contributed by atoms with Gasteiger partial charge in [0.2, 0.25) is 0 Å². The van der Waals surface area contributed by atoms with Crippen LogP contribution in [-0.2, 0) is 6.54 Å². The van der Waals surface area contributed by atoms with Gasteiger partial charge in [-0.25, -0.2) is 0 Å². The van der Waals surface area contributed by atoms with E-state index in [4.69, 9.17) is 0 Å². The molecule has 0 spiro atoms. The third-order valence-electron chi connectivity index (χ3n) is 2.64. The van der Waals surface area contributed by atoms with Gasteiger partial charge < -0.3 is 4.57 Å². The van der Waals surface area contributed by atoms with Gasteiger partial charge in [0.05, 0.1) is 0 Å². The number of halogens is 1. The molecule has 1 nitrogen and oxygen atoms in total. The maximum absolute atomic E-state index is 3.57. The lowest BCUT2D eigenvalue weighted by Gasteiger charge is -2.22. The van der Waals surface area contributed by atoms with Crippen molar-refractivity contribution in [3.63, 3.8) is 0 Å². The van der Waals surface area contributed by atoms with E-state index in [1.807, 2.05) is 0 Å². The molecule has 0 aliphatic heterocycles. The summed E-state index contributed by atoms with van der Waals surface area (Å²) in [5, 5.41) is 2.34. The minimum atomic E-state index is 0.293. The molecule has 0 N–H and O–H groups in total. The Morgan fingerprint density at radius 1 is 1.20 bits per heavy atom. The van der Waals surface area contributed by atoms with E-state index in [-0.39, 0.29) is 0 Å². The smallest absolute Gasteiger partial charge is 0.0480 e. The molecule has 15 heavy (non-hydrogen) atoms. The molecule has 2 heteroatoms. The fraction of sp³-hybridized carbons (Fsp3) is 0.385. The van der Waals surface area contributed by atoms with Crippen LogP contribution in [0.2, 0.25) is 0 Å². The van der Waals surface area contributed by atoms with E-state index in [0.29, 0.717) is 5.41 Å². The zero-order chi connectivity index (χ0) is 10.9. The van der Waals surface area contributed by atoms with E-state index in [1.54, 1.807) is 0 Å². The van der Waals surface area contributed by atoms with Gasteiger partial charge in [0.15, 0.2) is 0 Å². The van der Waals surface area contributed by atoms with E-state index in [9.17, 15) is 0 Å². The monoisotopic (exact) mass is 265 g/mol. The third kappa shape index (κ3) is 2.25. The fourth-order valence-electron chi connectivity index (χ4n) is 1.78. The average molecular weight is 266 g/mol. The molecule has 1 aromatic carbocycles. The summed E-state index contributed by atoms with van der Waals surface area (Å²) in [4.78, 5) is 0. The molecule has 0 unspecified atom stereocenters. The first-order valence-corrected chi connectivity index (χ1v) is 6.34. The quantitative estimate of drug-likeness (QED) is 0.738. The van der Waals surface area contributed by atoms with E-state index >= 15 is 0 Å². The van der Waals surface area contributed by atoms with E-state index < -0.39 is 0 Å². The minimum Gasteiger partial charge on any atom is -0.347 e. The summed E-state index contributed by atoms with van der Waals surface area (Å²) in [5.41, 5.74) is 1.62. The summed E-state index contributed by atoms with van der Waals surface area (Å²) in [6.45, 7) is 5.60. The van der Waals surface area contributed by atoms with Crippen LogP contribution in [0.3, 0.4) is 0 Å². The van der Waals surface area contributed by atoms with Crippen molar-refractivity contribution in [2.24, 2.45) is 5.41 Å². The summed E-state index contributed by atoms with van der Waals surface area (Å²) < 4.78 is 2.33. The number of fused-ring (bicyclic) bond motifs is 1. The SMILES string of the molecule is CC(C)(CBr)Cn1ccc2ccccc21. The summed E-state index contributed by atoms with van der Waals surface area (Å²) in [5.74, 6) is 0. The first kappa shape index (κ1) is 10.7. The van der Waals surface area contributed by atoms with Crippen LogP contribution in [0.1, 0.15) is 13.8 Å². The second-order valence-corrected chi connectivity index (χ2v) is 5.36. The molecule has 0 aliphatic carbocycles. The highest BCUT2D eigenvalue weighted by Crippen LogP contribution is 2.24. The number of hydrogen-bond donors (Lipinski definition) is 0. The third-order valence-corrected chi connectivity index (χ3v) is 4.16. The van der Waals surface area contributed by atoms with Crippen LogP contribution in [0.15, 0.2) is 36.5 Å². The topological polar surface area (TPSA) is 4.93 Å². The van der Waals surface area contributed by atoms with Gasteiger partial charge >= 0.3 is 0 Å². The molecular formula is C13H16BrN. The number of rotatable bonds is 3. The Morgan fingerprint density at radius 3 is 2.67 bits per heavy atom. The van der Waals surface area contributed by atoms with Crippen LogP contribution in [-0.4, -0.2) is 9.90 Å². The molecule has 0 atom stereocenters. The van der Waals surface area contributed by atoms with Crippen LogP contribution in [0.4, 0.5) is 0 Å². The largest absolute Gasteiger partial charge is 0.347 e. The molecule has 1 heterocycles. The first-order valence-electron chi connectivity index (χ1n) is 5.22. The molecular weight excluding hydrogens is 250 g/mol. The average Bonchev–Trinajstić information content (AvgIpc) is 2.62. The van der Waals surface area contributed by atoms with Crippen molar-refractivity contribution in [2.75, 3.05) is 5.33 Å². The minimum absolute atomic E-state index is 0.293. The van der Waals surface area contributed by atoms with Crippen molar-refractivity contribution >= 4 is 26.8 Å². The molecule has 0 saturated carbocycles. The van der Waals surface area contributed by atoms with Gasteiger partial charge in [-0.05, 0) is 22.9 Å². The van der Waals surface area contributed by atoms with Crippen molar-refractivity contribution in [3.05, 3.63) is 36.5 Å². The van der Waals surface area contributed by atoms with Gasteiger partial charge in [-0.15, -0.1) is 0 Å².